The van der Waals surface area contributed by atoms with Gasteiger partial charge in [-0.1, -0.05) is 16.8 Å². The van der Waals surface area contributed by atoms with E-state index in [9.17, 15) is 8.42 Å². The van der Waals surface area contributed by atoms with Crippen LogP contribution in [0.25, 0.3) is 10.9 Å². The first-order valence-corrected chi connectivity index (χ1v) is 10.2. The Morgan fingerprint density at radius 2 is 1.96 bits per heavy atom. The minimum absolute atomic E-state index is 0.176. The molecule has 1 aliphatic heterocycles. The Morgan fingerprint density at radius 1 is 1.19 bits per heavy atom. The molecule has 7 heteroatoms. The van der Waals surface area contributed by atoms with Crippen LogP contribution < -0.4 is 0 Å². The van der Waals surface area contributed by atoms with Crippen molar-refractivity contribution in [2.24, 2.45) is 0 Å². The molecule has 4 rings (SSSR count). The van der Waals surface area contributed by atoms with Gasteiger partial charge in [0.1, 0.15) is 5.69 Å². The Kier molecular flexibility index (Phi) is 3.96. The van der Waals surface area contributed by atoms with Gasteiger partial charge in [-0.15, -0.1) is 0 Å². The van der Waals surface area contributed by atoms with Gasteiger partial charge < -0.3 is 9.42 Å². The van der Waals surface area contributed by atoms with E-state index >= 15 is 0 Å². The minimum Gasteiger partial charge on any atom is -0.360 e. The number of rotatable bonds is 2. The summed E-state index contributed by atoms with van der Waals surface area (Å²) >= 11 is 0. The van der Waals surface area contributed by atoms with E-state index in [1.54, 1.807) is 13.8 Å². The van der Waals surface area contributed by atoms with Crippen molar-refractivity contribution in [2.75, 3.05) is 13.6 Å². The van der Waals surface area contributed by atoms with Crippen molar-refractivity contribution < 1.29 is 12.9 Å². The summed E-state index contributed by atoms with van der Waals surface area (Å²) < 4.78 is 33.9. The fraction of sp³-hybridized carbons (Fsp3) is 0.421. The van der Waals surface area contributed by atoms with Gasteiger partial charge in [-0.25, -0.2) is 12.4 Å². The first-order chi connectivity index (χ1) is 12.3. The second kappa shape index (κ2) is 5.96. The van der Waals surface area contributed by atoms with Crippen LogP contribution in [0, 0.1) is 20.8 Å². The first-order valence-electron chi connectivity index (χ1n) is 8.80. The molecule has 0 amide bonds. The topological polar surface area (TPSA) is 68.3 Å². The van der Waals surface area contributed by atoms with Gasteiger partial charge in [0.15, 0.2) is 10.7 Å². The average Bonchev–Trinajstić information content (AvgIpc) is 2.98. The standard InChI is InChI=1S/C19H23N3O3S/c1-12-7-8-18-15(10-12)16-11-21(4)9-5-6-17(16)22(18)26(23,24)19-13(2)20-25-14(19)3/h7-8,10H,5-6,9,11H2,1-4H3. The van der Waals surface area contributed by atoms with Crippen LogP contribution in [-0.2, 0) is 23.0 Å². The second-order valence-electron chi connectivity index (χ2n) is 7.21. The Balaban J connectivity index is 2.09. The predicted octanol–water partition coefficient (Wildman–Crippen LogP) is 3.17. The molecule has 0 fully saturated rings. The lowest BCUT2D eigenvalue weighted by Gasteiger charge is -2.12. The van der Waals surface area contributed by atoms with E-state index in [0.29, 0.717) is 11.5 Å². The zero-order chi connectivity index (χ0) is 18.6. The SMILES string of the molecule is Cc1ccc2c(c1)c1c(n2S(=O)(=O)c2c(C)noc2C)CCCN(C)C1. The number of benzene rings is 1. The molecule has 0 N–H and O–H groups in total. The molecule has 2 aromatic heterocycles. The summed E-state index contributed by atoms with van der Waals surface area (Å²) in [5.74, 6) is 0.330. The smallest absolute Gasteiger partial charge is 0.273 e. The lowest BCUT2D eigenvalue weighted by atomic mass is 10.1. The molecule has 1 aromatic carbocycles. The van der Waals surface area contributed by atoms with Gasteiger partial charge in [-0.3, -0.25) is 0 Å². The van der Waals surface area contributed by atoms with E-state index in [0.717, 1.165) is 53.7 Å². The highest BCUT2D eigenvalue weighted by molar-refractivity contribution is 7.90. The van der Waals surface area contributed by atoms with E-state index < -0.39 is 10.0 Å². The van der Waals surface area contributed by atoms with Gasteiger partial charge in [0.25, 0.3) is 10.0 Å². The number of hydrogen-bond donors (Lipinski definition) is 0. The first kappa shape index (κ1) is 17.3. The molecule has 6 nitrogen and oxygen atoms in total. The van der Waals surface area contributed by atoms with Crippen molar-refractivity contribution in [2.45, 2.75) is 45.1 Å². The molecule has 0 bridgehead atoms. The van der Waals surface area contributed by atoms with Crippen LogP contribution in [-0.4, -0.2) is 36.0 Å². The van der Waals surface area contributed by atoms with Crippen molar-refractivity contribution in [3.8, 4) is 0 Å². The highest BCUT2D eigenvalue weighted by Gasteiger charge is 2.32. The highest BCUT2D eigenvalue weighted by atomic mass is 32.2. The summed E-state index contributed by atoms with van der Waals surface area (Å²) in [5, 5.41) is 4.87. The summed E-state index contributed by atoms with van der Waals surface area (Å²) in [4.78, 5) is 2.43. The Labute approximate surface area is 153 Å². The van der Waals surface area contributed by atoms with Crippen LogP contribution in [0.1, 0.15) is 34.7 Å². The molecule has 0 spiro atoms. The zero-order valence-electron chi connectivity index (χ0n) is 15.5. The molecule has 0 saturated carbocycles. The summed E-state index contributed by atoms with van der Waals surface area (Å²) in [6.45, 7) is 7.06. The largest absolute Gasteiger partial charge is 0.360 e. The van der Waals surface area contributed by atoms with Gasteiger partial charge in [0, 0.05) is 17.6 Å². The molecule has 0 atom stereocenters. The number of fused-ring (bicyclic) bond motifs is 3. The van der Waals surface area contributed by atoms with E-state index in [4.69, 9.17) is 4.52 Å². The zero-order valence-corrected chi connectivity index (χ0v) is 16.4. The number of hydrogen-bond acceptors (Lipinski definition) is 5. The predicted molar refractivity (Wildman–Crippen MR) is 99.9 cm³/mol. The molecule has 3 aromatic rings. The third kappa shape index (κ3) is 2.49. The third-order valence-electron chi connectivity index (χ3n) is 5.14. The molecule has 138 valence electrons. The summed E-state index contributed by atoms with van der Waals surface area (Å²) in [6, 6.07) is 5.96. The van der Waals surface area contributed by atoms with Gasteiger partial charge in [0.2, 0.25) is 0 Å². The van der Waals surface area contributed by atoms with Crippen LogP contribution >= 0.6 is 0 Å². The summed E-state index contributed by atoms with van der Waals surface area (Å²) in [7, 11) is -1.71. The van der Waals surface area contributed by atoms with Crippen LogP contribution in [0.5, 0.6) is 0 Å². The fourth-order valence-electron chi connectivity index (χ4n) is 4.00. The highest BCUT2D eigenvalue weighted by Crippen LogP contribution is 2.35. The maximum absolute atomic E-state index is 13.6. The lowest BCUT2D eigenvalue weighted by Crippen LogP contribution is -2.17. The molecule has 0 saturated heterocycles. The Bertz CT molecular complexity index is 1090. The molecular weight excluding hydrogens is 350 g/mol. The molecular formula is C19H23N3O3S. The van der Waals surface area contributed by atoms with Crippen molar-refractivity contribution >= 4 is 20.9 Å². The van der Waals surface area contributed by atoms with Crippen molar-refractivity contribution in [3.05, 3.63) is 46.5 Å². The molecule has 0 aliphatic carbocycles. The quantitative estimate of drug-likeness (QED) is 0.690. The maximum atomic E-state index is 13.6. The molecule has 26 heavy (non-hydrogen) atoms. The van der Waals surface area contributed by atoms with E-state index in [1.807, 2.05) is 19.1 Å². The van der Waals surface area contributed by atoms with E-state index in [-0.39, 0.29) is 4.90 Å². The Hall–Kier alpha value is -2.12. The molecule has 3 heterocycles. The number of aromatic nitrogens is 2. The van der Waals surface area contributed by atoms with Gasteiger partial charge >= 0.3 is 0 Å². The monoisotopic (exact) mass is 373 g/mol. The third-order valence-corrected chi connectivity index (χ3v) is 7.13. The number of aryl methyl sites for hydroxylation is 3. The molecule has 0 radical (unpaired) electrons. The maximum Gasteiger partial charge on any atom is 0.273 e. The normalized spacial score (nSPS) is 16.0. The summed E-state index contributed by atoms with van der Waals surface area (Å²) in [5.41, 5.74) is 4.25. The molecule has 0 unspecified atom stereocenters. The lowest BCUT2D eigenvalue weighted by molar-refractivity contribution is 0.333. The van der Waals surface area contributed by atoms with Gasteiger partial charge in [-0.05, 0) is 64.9 Å². The fourth-order valence-corrected chi connectivity index (χ4v) is 5.90. The molecule has 1 aliphatic rings. The minimum atomic E-state index is -3.79. The van der Waals surface area contributed by atoms with E-state index in [2.05, 4.69) is 23.2 Å². The second-order valence-corrected chi connectivity index (χ2v) is 8.93. The number of nitrogens with zero attached hydrogens (tertiary/aromatic N) is 3. The van der Waals surface area contributed by atoms with Crippen LogP contribution in [0.15, 0.2) is 27.6 Å². The van der Waals surface area contributed by atoms with Crippen molar-refractivity contribution in [1.29, 1.82) is 0 Å². The Morgan fingerprint density at radius 3 is 2.65 bits per heavy atom. The van der Waals surface area contributed by atoms with Gasteiger partial charge in [0.05, 0.1) is 5.52 Å². The van der Waals surface area contributed by atoms with Crippen molar-refractivity contribution in [1.82, 2.24) is 14.0 Å². The average molecular weight is 373 g/mol. The van der Waals surface area contributed by atoms with Crippen LogP contribution in [0.3, 0.4) is 0 Å². The van der Waals surface area contributed by atoms with Crippen LogP contribution in [0.4, 0.5) is 0 Å². The van der Waals surface area contributed by atoms with E-state index in [1.165, 1.54) is 3.97 Å². The van der Waals surface area contributed by atoms with Crippen LogP contribution in [0.2, 0.25) is 0 Å². The van der Waals surface area contributed by atoms with Gasteiger partial charge in [-0.2, -0.15) is 0 Å². The van der Waals surface area contributed by atoms with Crippen molar-refractivity contribution in [3.63, 3.8) is 0 Å². The summed E-state index contributed by atoms with van der Waals surface area (Å²) in [6.07, 6.45) is 1.66.